The molecule has 240 valence electrons. The van der Waals surface area contributed by atoms with Gasteiger partial charge < -0.3 is 25.0 Å². The molecule has 0 aliphatic heterocycles. The maximum absolute atomic E-state index is 15.1. The summed E-state index contributed by atoms with van der Waals surface area (Å²) >= 11 is 0. The zero-order valence-electron chi connectivity index (χ0n) is 27.6. The molecular weight excluding hydrogens is 558 g/mol. The number of hydrogen-bond donors (Lipinski definition) is 2. The molecule has 9 nitrogen and oxygen atoms in total. The molecule has 0 saturated carbocycles. The van der Waals surface area contributed by atoms with Crippen molar-refractivity contribution in [1.29, 1.82) is 0 Å². The quantitative estimate of drug-likeness (QED) is 0.336. The van der Waals surface area contributed by atoms with Crippen molar-refractivity contribution in [2.45, 2.75) is 104 Å². The van der Waals surface area contributed by atoms with Crippen LogP contribution in [0.3, 0.4) is 0 Å². The average Bonchev–Trinajstić information content (AvgIpc) is 3.36. The molecule has 0 fully saturated rings. The third-order valence-electron chi connectivity index (χ3n) is 7.60. The van der Waals surface area contributed by atoms with Crippen LogP contribution in [0.1, 0.15) is 83.2 Å². The van der Waals surface area contributed by atoms with Gasteiger partial charge in [0, 0.05) is 6.04 Å². The molecule has 44 heavy (non-hydrogen) atoms. The van der Waals surface area contributed by atoms with E-state index in [2.05, 4.69) is 10.6 Å². The summed E-state index contributed by atoms with van der Waals surface area (Å²) < 4.78 is 10.8. The SMILES string of the molecule is COC(=O)[C@@H](CC(C)C)N(C(=O)[C@H](NC(=O)OC(C)(C)C)C1Cc2ccccc2C1)C(C(=O)NC(C)C)c1ccc(C)cc1. The normalized spacial score (nSPS) is 15.2. The molecule has 1 aliphatic rings. The summed E-state index contributed by atoms with van der Waals surface area (Å²) in [6.07, 6.45) is 0.580. The number of hydrogen-bond acceptors (Lipinski definition) is 6. The standard InChI is InChI=1S/C35H49N3O6/c1-21(2)18-28(33(41)43-9)38(30(31(39)36-22(3)4)24-16-14-23(5)15-17-24)32(40)29(37-34(42)44-35(6,7)8)27-19-25-12-10-11-13-26(25)20-27/h10-17,21-22,27-30H,18-20H2,1-9H3,(H,36,39)(H,37,42)/t28-,29-,30?/m1/s1. The highest BCUT2D eigenvalue weighted by atomic mass is 16.6. The van der Waals surface area contributed by atoms with Crippen LogP contribution in [0.5, 0.6) is 0 Å². The number of alkyl carbamates (subject to hydrolysis) is 1. The maximum Gasteiger partial charge on any atom is 0.408 e. The Morgan fingerprint density at radius 1 is 0.909 bits per heavy atom. The largest absolute Gasteiger partial charge is 0.467 e. The molecule has 0 radical (unpaired) electrons. The molecule has 0 saturated heterocycles. The highest BCUT2D eigenvalue weighted by molar-refractivity contribution is 5.95. The number of nitrogens with one attached hydrogen (secondary N) is 2. The van der Waals surface area contributed by atoms with Gasteiger partial charge in [-0.3, -0.25) is 9.59 Å². The van der Waals surface area contributed by atoms with Crippen molar-refractivity contribution in [3.05, 3.63) is 70.8 Å². The van der Waals surface area contributed by atoms with Crippen molar-refractivity contribution < 1.29 is 28.7 Å². The van der Waals surface area contributed by atoms with E-state index in [1.54, 1.807) is 32.9 Å². The van der Waals surface area contributed by atoms with Gasteiger partial charge in [-0.25, -0.2) is 9.59 Å². The third kappa shape index (κ3) is 9.07. The molecular formula is C35H49N3O6. The number of esters is 1. The number of benzene rings is 2. The van der Waals surface area contributed by atoms with Crippen molar-refractivity contribution in [3.8, 4) is 0 Å². The van der Waals surface area contributed by atoms with Gasteiger partial charge in [0.05, 0.1) is 7.11 Å². The lowest BCUT2D eigenvalue weighted by atomic mass is 9.91. The number of fused-ring (bicyclic) bond motifs is 1. The Balaban J connectivity index is 2.22. The minimum Gasteiger partial charge on any atom is -0.467 e. The van der Waals surface area contributed by atoms with Gasteiger partial charge in [0.15, 0.2) is 0 Å². The number of methoxy groups -OCH3 is 1. The molecule has 0 spiro atoms. The minimum atomic E-state index is -1.17. The Morgan fingerprint density at radius 3 is 1.95 bits per heavy atom. The lowest BCUT2D eigenvalue weighted by molar-refractivity contribution is -0.159. The third-order valence-corrected chi connectivity index (χ3v) is 7.60. The molecule has 0 heterocycles. The second kappa shape index (κ2) is 14.7. The van der Waals surface area contributed by atoms with E-state index in [0.717, 1.165) is 16.7 Å². The summed E-state index contributed by atoms with van der Waals surface area (Å²) in [6.45, 7) is 14.7. The Bertz CT molecular complexity index is 1290. The monoisotopic (exact) mass is 607 g/mol. The van der Waals surface area contributed by atoms with Crippen LogP contribution in [0, 0.1) is 18.8 Å². The number of aryl methyl sites for hydroxylation is 1. The number of amides is 3. The van der Waals surface area contributed by atoms with Crippen LogP contribution in [0.25, 0.3) is 0 Å². The predicted octanol–water partition coefficient (Wildman–Crippen LogP) is 5.29. The van der Waals surface area contributed by atoms with E-state index in [4.69, 9.17) is 9.47 Å². The van der Waals surface area contributed by atoms with E-state index in [0.29, 0.717) is 18.4 Å². The van der Waals surface area contributed by atoms with Crippen molar-refractivity contribution in [2.24, 2.45) is 11.8 Å². The van der Waals surface area contributed by atoms with E-state index in [1.807, 2.05) is 71.0 Å². The first-order valence-electron chi connectivity index (χ1n) is 15.4. The molecule has 0 bridgehead atoms. The summed E-state index contributed by atoms with van der Waals surface area (Å²) in [6, 6.07) is 11.7. The zero-order chi connectivity index (χ0) is 32.8. The van der Waals surface area contributed by atoms with Crippen LogP contribution in [0.4, 0.5) is 4.79 Å². The molecule has 0 aromatic heterocycles. The first kappa shape index (κ1) is 34.6. The Morgan fingerprint density at radius 2 is 1.48 bits per heavy atom. The lowest BCUT2D eigenvalue weighted by Crippen LogP contribution is -2.60. The van der Waals surface area contributed by atoms with Gasteiger partial charge in [0.2, 0.25) is 11.8 Å². The second-order valence-corrected chi connectivity index (χ2v) is 13.5. The van der Waals surface area contributed by atoms with Crippen molar-refractivity contribution in [3.63, 3.8) is 0 Å². The highest BCUT2D eigenvalue weighted by Gasteiger charge is 2.46. The first-order valence-corrected chi connectivity index (χ1v) is 15.4. The number of ether oxygens (including phenoxy) is 2. The van der Waals surface area contributed by atoms with Gasteiger partial charge in [0.25, 0.3) is 0 Å². The van der Waals surface area contributed by atoms with E-state index in [1.165, 1.54) is 12.0 Å². The van der Waals surface area contributed by atoms with Crippen LogP contribution < -0.4 is 10.6 Å². The molecule has 1 aliphatic carbocycles. The second-order valence-electron chi connectivity index (χ2n) is 13.5. The number of carbonyl (C=O) groups is 4. The van der Waals surface area contributed by atoms with Gasteiger partial charge in [-0.15, -0.1) is 0 Å². The molecule has 2 aromatic carbocycles. The number of carbonyl (C=O) groups excluding carboxylic acids is 4. The fourth-order valence-electron chi connectivity index (χ4n) is 5.72. The van der Waals surface area contributed by atoms with Gasteiger partial charge in [-0.05, 0) is 89.3 Å². The van der Waals surface area contributed by atoms with Gasteiger partial charge in [0.1, 0.15) is 23.7 Å². The van der Waals surface area contributed by atoms with Crippen LogP contribution in [-0.2, 0) is 36.7 Å². The molecule has 3 atom stereocenters. The summed E-state index contributed by atoms with van der Waals surface area (Å²) in [4.78, 5) is 57.2. The van der Waals surface area contributed by atoms with Crippen LogP contribution >= 0.6 is 0 Å². The van der Waals surface area contributed by atoms with E-state index in [9.17, 15) is 14.4 Å². The fourth-order valence-corrected chi connectivity index (χ4v) is 5.72. The van der Waals surface area contributed by atoms with E-state index < -0.39 is 47.6 Å². The molecule has 3 rings (SSSR count). The van der Waals surface area contributed by atoms with Gasteiger partial charge >= 0.3 is 12.1 Å². The molecule has 2 aromatic rings. The van der Waals surface area contributed by atoms with Gasteiger partial charge in [-0.2, -0.15) is 0 Å². The number of rotatable bonds is 11. The Labute approximate surface area is 262 Å². The Hall–Kier alpha value is -3.88. The topological polar surface area (TPSA) is 114 Å². The zero-order valence-corrected chi connectivity index (χ0v) is 27.6. The smallest absolute Gasteiger partial charge is 0.408 e. The molecule has 1 unspecified atom stereocenters. The number of nitrogens with zero attached hydrogens (tertiary/aromatic N) is 1. The van der Waals surface area contributed by atoms with Crippen LogP contribution in [0.2, 0.25) is 0 Å². The Kier molecular flexibility index (Phi) is 11.6. The highest BCUT2D eigenvalue weighted by Crippen LogP contribution is 2.34. The van der Waals surface area contributed by atoms with Crippen LogP contribution in [-0.4, -0.2) is 59.6 Å². The summed E-state index contributed by atoms with van der Waals surface area (Å²) in [5.74, 6) is -1.96. The van der Waals surface area contributed by atoms with Crippen LogP contribution in [0.15, 0.2) is 48.5 Å². The lowest BCUT2D eigenvalue weighted by Gasteiger charge is -2.40. The molecule has 9 heteroatoms. The summed E-state index contributed by atoms with van der Waals surface area (Å²) in [5, 5.41) is 5.81. The predicted molar refractivity (Wildman–Crippen MR) is 170 cm³/mol. The first-order chi connectivity index (χ1) is 20.6. The van der Waals surface area contributed by atoms with E-state index >= 15 is 4.79 Å². The minimum absolute atomic E-state index is 0.0192. The van der Waals surface area contributed by atoms with E-state index in [-0.39, 0.29) is 24.3 Å². The average molecular weight is 608 g/mol. The molecule has 3 amide bonds. The van der Waals surface area contributed by atoms with Crippen molar-refractivity contribution in [2.75, 3.05) is 7.11 Å². The van der Waals surface area contributed by atoms with Crippen molar-refractivity contribution >= 4 is 23.9 Å². The fraction of sp³-hybridized carbons (Fsp3) is 0.543. The summed E-state index contributed by atoms with van der Waals surface area (Å²) in [7, 11) is 1.28. The van der Waals surface area contributed by atoms with Crippen molar-refractivity contribution in [1.82, 2.24) is 15.5 Å². The van der Waals surface area contributed by atoms with Gasteiger partial charge in [-0.1, -0.05) is 67.9 Å². The summed E-state index contributed by atoms with van der Waals surface area (Å²) in [5.41, 5.74) is 2.91. The molecule has 2 N–H and O–H groups in total. The maximum atomic E-state index is 15.1.